The number of rotatable bonds is 5. The second-order valence-electron chi connectivity index (χ2n) is 2.89. The standard InChI is InChI=1S/C9H12N2O4/c1-15-9(14)7-3-2-6(11-7)4-10-5-8(12)13/h2-3,10-11H,4-5H2,1H3,(H,12,13). The highest BCUT2D eigenvalue weighted by Crippen LogP contribution is 2.02. The number of aromatic nitrogens is 1. The van der Waals surface area contributed by atoms with Gasteiger partial charge in [0.1, 0.15) is 5.69 Å². The van der Waals surface area contributed by atoms with Crippen LogP contribution in [0.15, 0.2) is 12.1 Å². The van der Waals surface area contributed by atoms with E-state index in [9.17, 15) is 9.59 Å². The molecule has 0 atom stereocenters. The molecule has 3 N–H and O–H groups in total. The number of hydrogen-bond donors (Lipinski definition) is 3. The SMILES string of the molecule is COC(=O)c1ccc(CNCC(=O)O)[nH]1. The van der Waals surface area contributed by atoms with Crippen molar-refractivity contribution in [3.63, 3.8) is 0 Å². The molecule has 0 aliphatic rings. The van der Waals surface area contributed by atoms with E-state index in [4.69, 9.17) is 5.11 Å². The zero-order chi connectivity index (χ0) is 11.3. The van der Waals surface area contributed by atoms with Gasteiger partial charge in [0.2, 0.25) is 0 Å². The van der Waals surface area contributed by atoms with Crippen molar-refractivity contribution in [3.8, 4) is 0 Å². The first kappa shape index (κ1) is 11.3. The van der Waals surface area contributed by atoms with Crippen LogP contribution in [0.5, 0.6) is 0 Å². The maximum atomic E-state index is 11.0. The van der Waals surface area contributed by atoms with Gasteiger partial charge in [-0.3, -0.25) is 4.79 Å². The van der Waals surface area contributed by atoms with Crippen molar-refractivity contribution >= 4 is 11.9 Å². The molecular formula is C9H12N2O4. The molecular weight excluding hydrogens is 200 g/mol. The molecule has 1 aromatic heterocycles. The van der Waals surface area contributed by atoms with E-state index in [1.165, 1.54) is 7.11 Å². The van der Waals surface area contributed by atoms with Crippen LogP contribution >= 0.6 is 0 Å². The van der Waals surface area contributed by atoms with Crippen LogP contribution < -0.4 is 5.32 Å². The molecule has 0 bridgehead atoms. The van der Waals surface area contributed by atoms with Crippen LogP contribution in [0.4, 0.5) is 0 Å². The minimum Gasteiger partial charge on any atom is -0.480 e. The van der Waals surface area contributed by atoms with Gasteiger partial charge < -0.3 is 20.1 Å². The molecule has 15 heavy (non-hydrogen) atoms. The lowest BCUT2D eigenvalue weighted by Crippen LogP contribution is -2.22. The predicted molar refractivity (Wildman–Crippen MR) is 51.5 cm³/mol. The van der Waals surface area contributed by atoms with E-state index >= 15 is 0 Å². The first-order chi connectivity index (χ1) is 7.13. The Morgan fingerprint density at radius 2 is 2.27 bits per heavy atom. The summed E-state index contributed by atoms with van der Waals surface area (Å²) < 4.78 is 4.51. The number of carbonyl (C=O) groups excluding carboxylic acids is 1. The highest BCUT2D eigenvalue weighted by Gasteiger charge is 2.07. The van der Waals surface area contributed by atoms with Gasteiger partial charge in [-0.1, -0.05) is 0 Å². The molecule has 1 aromatic rings. The van der Waals surface area contributed by atoms with Crippen LogP contribution in [0.3, 0.4) is 0 Å². The second kappa shape index (κ2) is 5.16. The summed E-state index contributed by atoms with van der Waals surface area (Å²) in [5.74, 6) is -1.37. The summed E-state index contributed by atoms with van der Waals surface area (Å²) in [6, 6.07) is 3.28. The number of esters is 1. The molecule has 0 unspecified atom stereocenters. The average Bonchev–Trinajstić information content (AvgIpc) is 2.65. The fraction of sp³-hybridized carbons (Fsp3) is 0.333. The molecule has 1 heterocycles. The Hall–Kier alpha value is -1.82. The van der Waals surface area contributed by atoms with Crippen LogP contribution in [-0.4, -0.2) is 35.7 Å². The van der Waals surface area contributed by atoms with Crippen LogP contribution in [0, 0.1) is 0 Å². The minimum absolute atomic E-state index is 0.118. The van der Waals surface area contributed by atoms with E-state index in [-0.39, 0.29) is 6.54 Å². The maximum Gasteiger partial charge on any atom is 0.354 e. The maximum absolute atomic E-state index is 11.0. The number of carboxylic acid groups (broad SMARTS) is 1. The third-order valence-electron chi connectivity index (χ3n) is 1.74. The zero-order valence-corrected chi connectivity index (χ0v) is 8.24. The van der Waals surface area contributed by atoms with Crippen LogP contribution in [0.25, 0.3) is 0 Å². The largest absolute Gasteiger partial charge is 0.480 e. The molecule has 6 nitrogen and oxygen atoms in total. The highest BCUT2D eigenvalue weighted by molar-refractivity contribution is 5.87. The molecule has 0 spiro atoms. The van der Waals surface area contributed by atoms with Gasteiger partial charge in [0.05, 0.1) is 13.7 Å². The molecule has 0 saturated heterocycles. The molecule has 0 amide bonds. The van der Waals surface area contributed by atoms with E-state index < -0.39 is 11.9 Å². The Balaban J connectivity index is 2.46. The van der Waals surface area contributed by atoms with Crippen LogP contribution in [-0.2, 0) is 16.1 Å². The summed E-state index contributed by atoms with van der Waals surface area (Å²) in [6.07, 6.45) is 0. The van der Waals surface area contributed by atoms with Crippen molar-refractivity contribution in [2.24, 2.45) is 0 Å². The number of carboxylic acids is 1. The minimum atomic E-state index is -0.922. The molecule has 0 fully saturated rings. The molecule has 0 aromatic carbocycles. The van der Waals surface area contributed by atoms with Crippen molar-refractivity contribution in [3.05, 3.63) is 23.5 Å². The molecule has 0 radical (unpaired) electrons. The Kier molecular flexibility index (Phi) is 3.87. The Bertz CT molecular complexity index is 359. The summed E-state index contributed by atoms with van der Waals surface area (Å²) in [5.41, 5.74) is 1.08. The summed E-state index contributed by atoms with van der Waals surface area (Å²) in [7, 11) is 1.30. The van der Waals surface area contributed by atoms with E-state index in [0.717, 1.165) is 5.69 Å². The van der Waals surface area contributed by atoms with Crippen molar-refractivity contribution in [1.29, 1.82) is 0 Å². The number of methoxy groups -OCH3 is 1. The first-order valence-corrected chi connectivity index (χ1v) is 4.32. The van der Waals surface area contributed by atoms with Gasteiger partial charge in [-0.05, 0) is 12.1 Å². The lowest BCUT2D eigenvalue weighted by molar-refractivity contribution is -0.136. The van der Waals surface area contributed by atoms with Crippen molar-refractivity contribution in [2.45, 2.75) is 6.54 Å². The number of H-pyrrole nitrogens is 1. The van der Waals surface area contributed by atoms with E-state index in [1.54, 1.807) is 12.1 Å². The quantitative estimate of drug-likeness (QED) is 0.596. The smallest absolute Gasteiger partial charge is 0.354 e. The summed E-state index contributed by atoms with van der Waals surface area (Å²) >= 11 is 0. The molecule has 0 saturated carbocycles. The Morgan fingerprint density at radius 3 is 2.87 bits per heavy atom. The van der Waals surface area contributed by atoms with Gasteiger partial charge in [-0.15, -0.1) is 0 Å². The van der Waals surface area contributed by atoms with Crippen molar-refractivity contribution in [1.82, 2.24) is 10.3 Å². The fourth-order valence-electron chi connectivity index (χ4n) is 1.08. The molecule has 82 valence electrons. The van der Waals surface area contributed by atoms with E-state index in [1.807, 2.05) is 0 Å². The summed E-state index contributed by atoms with van der Waals surface area (Å²) in [4.78, 5) is 24.1. The number of aliphatic carboxylic acids is 1. The number of hydrogen-bond acceptors (Lipinski definition) is 4. The molecule has 0 aliphatic heterocycles. The topological polar surface area (TPSA) is 91.4 Å². The van der Waals surface area contributed by atoms with Crippen molar-refractivity contribution in [2.75, 3.05) is 13.7 Å². The second-order valence-corrected chi connectivity index (χ2v) is 2.89. The lowest BCUT2D eigenvalue weighted by Gasteiger charge is -1.99. The third kappa shape index (κ3) is 3.43. The van der Waals surface area contributed by atoms with Gasteiger partial charge in [0.25, 0.3) is 0 Å². The van der Waals surface area contributed by atoms with Gasteiger partial charge in [-0.2, -0.15) is 0 Å². The van der Waals surface area contributed by atoms with Gasteiger partial charge in [0.15, 0.2) is 0 Å². The molecule has 6 heteroatoms. The normalized spacial score (nSPS) is 9.93. The highest BCUT2D eigenvalue weighted by atomic mass is 16.5. The Labute approximate surface area is 86.2 Å². The zero-order valence-electron chi connectivity index (χ0n) is 8.24. The first-order valence-electron chi connectivity index (χ1n) is 4.32. The molecule has 0 aliphatic carbocycles. The van der Waals surface area contributed by atoms with Crippen molar-refractivity contribution < 1.29 is 19.4 Å². The van der Waals surface area contributed by atoms with Gasteiger partial charge >= 0.3 is 11.9 Å². The fourth-order valence-corrected chi connectivity index (χ4v) is 1.08. The predicted octanol–water partition coefficient (Wildman–Crippen LogP) is -0.0245. The molecule has 1 rings (SSSR count). The van der Waals surface area contributed by atoms with Crippen LogP contribution in [0.1, 0.15) is 16.2 Å². The monoisotopic (exact) mass is 212 g/mol. The average molecular weight is 212 g/mol. The van der Waals surface area contributed by atoms with Gasteiger partial charge in [-0.25, -0.2) is 4.79 Å². The Morgan fingerprint density at radius 1 is 1.53 bits per heavy atom. The van der Waals surface area contributed by atoms with E-state index in [2.05, 4.69) is 15.0 Å². The van der Waals surface area contributed by atoms with Crippen LogP contribution in [0.2, 0.25) is 0 Å². The van der Waals surface area contributed by atoms with Gasteiger partial charge in [0, 0.05) is 12.2 Å². The number of nitrogens with one attached hydrogen (secondary N) is 2. The third-order valence-corrected chi connectivity index (χ3v) is 1.74. The van der Waals surface area contributed by atoms with E-state index in [0.29, 0.717) is 12.2 Å². The summed E-state index contributed by atoms with van der Waals surface area (Å²) in [6.45, 7) is 0.246. The lowest BCUT2D eigenvalue weighted by atomic mass is 10.4. The number of carbonyl (C=O) groups is 2. The number of ether oxygens (including phenoxy) is 1. The summed E-state index contributed by atoms with van der Waals surface area (Å²) in [5, 5.41) is 11.1. The number of aromatic amines is 1.